The smallest absolute Gasteiger partial charge is 0.270 e. The highest BCUT2D eigenvalue weighted by molar-refractivity contribution is 7.71. The van der Waals surface area contributed by atoms with Crippen molar-refractivity contribution in [2.75, 3.05) is 0 Å². The SMILES string of the molecule is Cc1cccc(C=Cc2[nH]c(=S)[nH]c(=O)c2C#N)c1C. The van der Waals surface area contributed by atoms with E-state index in [1.54, 1.807) is 6.08 Å². The summed E-state index contributed by atoms with van der Waals surface area (Å²) >= 11 is 4.92. The molecule has 2 aromatic rings. The third kappa shape index (κ3) is 2.76. The molecular weight excluding hydrogens is 270 g/mol. The normalized spacial score (nSPS) is 10.7. The molecule has 1 aromatic heterocycles. The number of hydrogen-bond acceptors (Lipinski definition) is 3. The van der Waals surface area contributed by atoms with Gasteiger partial charge in [0.25, 0.3) is 5.56 Å². The summed E-state index contributed by atoms with van der Waals surface area (Å²) in [5.74, 6) is 0. The van der Waals surface area contributed by atoms with Crippen LogP contribution in [0.5, 0.6) is 0 Å². The van der Waals surface area contributed by atoms with E-state index in [0.717, 1.165) is 11.1 Å². The zero-order valence-electron chi connectivity index (χ0n) is 11.2. The summed E-state index contributed by atoms with van der Waals surface area (Å²) in [6.45, 7) is 4.06. The fraction of sp³-hybridized carbons (Fsp3) is 0.133. The van der Waals surface area contributed by atoms with E-state index < -0.39 is 5.56 Å². The van der Waals surface area contributed by atoms with Crippen molar-refractivity contribution in [2.45, 2.75) is 13.8 Å². The summed E-state index contributed by atoms with van der Waals surface area (Å²) < 4.78 is 0.203. The van der Waals surface area contributed by atoms with E-state index in [1.165, 1.54) is 5.56 Å². The number of aromatic amines is 2. The molecule has 0 aliphatic carbocycles. The molecule has 0 unspecified atom stereocenters. The Kier molecular flexibility index (Phi) is 3.97. The largest absolute Gasteiger partial charge is 0.331 e. The lowest BCUT2D eigenvalue weighted by molar-refractivity contribution is 1.06. The summed E-state index contributed by atoms with van der Waals surface area (Å²) in [6, 6.07) is 7.86. The van der Waals surface area contributed by atoms with Crippen LogP contribution in [0, 0.1) is 29.9 Å². The Morgan fingerprint density at radius 2 is 2.00 bits per heavy atom. The van der Waals surface area contributed by atoms with E-state index in [2.05, 4.69) is 9.97 Å². The standard InChI is InChI=1S/C15H13N3OS/c1-9-4-3-5-11(10(9)2)6-7-13-12(8-16)14(19)18-15(20)17-13/h3-7H,1-2H3,(H2,17,18,19,20). The molecule has 100 valence electrons. The van der Waals surface area contributed by atoms with Crippen LogP contribution in [0.4, 0.5) is 0 Å². The van der Waals surface area contributed by atoms with Crippen molar-refractivity contribution in [1.29, 1.82) is 5.26 Å². The molecule has 0 radical (unpaired) electrons. The van der Waals surface area contributed by atoms with Gasteiger partial charge in [0.15, 0.2) is 4.77 Å². The molecule has 0 saturated heterocycles. The van der Waals surface area contributed by atoms with Crippen molar-refractivity contribution >= 4 is 24.4 Å². The van der Waals surface area contributed by atoms with Crippen LogP contribution < -0.4 is 5.56 Å². The topological polar surface area (TPSA) is 72.4 Å². The maximum atomic E-state index is 11.6. The van der Waals surface area contributed by atoms with Gasteiger partial charge in [-0.15, -0.1) is 0 Å². The first-order chi connectivity index (χ1) is 9.52. The molecule has 2 N–H and O–H groups in total. The molecule has 20 heavy (non-hydrogen) atoms. The van der Waals surface area contributed by atoms with Gasteiger partial charge in [-0.2, -0.15) is 5.26 Å². The first kappa shape index (κ1) is 14.0. The van der Waals surface area contributed by atoms with Gasteiger partial charge in [0.05, 0.1) is 5.69 Å². The number of nitrogens with zero attached hydrogens (tertiary/aromatic N) is 1. The highest BCUT2D eigenvalue weighted by atomic mass is 32.1. The Bertz CT molecular complexity index is 837. The van der Waals surface area contributed by atoms with Gasteiger partial charge in [-0.1, -0.05) is 24.3 Å². The van der Waals surface area contributed by atoms with E-state index in [1.807, 2.05) is 44.2 Å². The average Bonchev–Trinajstić information content (AvgIpc) is 2.40. The van der Waals surface area contributed by atoms with Crippen molar-refractivity contribution in [1.82, 2.24) is 9.97 Å². The van der Waals surface area contributed by atoms with Crippen molar-refractivity contribution in [2.24, 2.45) is 0 Å². The summed E-state index contributed by atoms with van der Waals surface area (Å²) in [6.07, 6.45) is 3.56. The highest BCUT2D eigenvalue weighted by Crippen LogP contribution is 2.15. The monoisotopic (exact) mass is 283 g/mol. The predicted molar refractivity (Wildman–Crippen MR) is 81.8 cm³/mol. The molecular formula is C15H13N3OS. The Morgan fingerprint density at radius 1 is 1.25 bits per heavy atom. The van der Waals surface area contributed by atoms with Crippen LogP contribution in [0.25, 0.3) is 12.2 Å². The van der Waals surface area contributed by atoms with Crippen LogP contribution in [-0.4, -0.2) is 9.97 Å². The Morgan fingerprint density at radius 3 is 2.70 bits per heavy atom. The van der Waals surface area contributed by atoms with Gasteiger partial charge < -0.3 is 4.98 Å². The second-order valence-corrected chi connectivity index (χ2v) is 4.84. The van der Waals surface area contributed by atoms with Crippen molar-refractivity contribution in [3.8, 4) is 6.07 Å². The van der Waals surface area contributed by atoms with Gasteiger partial charge in [-0.05, 0) is 48.8 Å². The zero-order valence-corrected chi connectivity index (χ0v) is 12.0. The number of rotatable bonds is 2. The third-order valence-corrected chi connectivity index (χ3v) is 3.36. The van der Waals surface area contributed by atoms with Gasteiger partial charge in [-0.25, -0.2) is 0 Å². The summed E-state index contributed by atoms with van der Waals surface area (Å²) in [5, 5.41) is 9.03. The van der Waals surface area contributed by atoms with E-state index in [0.29, 0.717) is 5.69 Å². The van der Waals surface area contributed by atoms with Crippen molar-refractivity contribution < 1.29 is 0 Å². The van der Waals surface area contributed by atoms with Gasteiger partial charge in [-0.3, -0.25) is 9.78 Å². The minimum Gasteiger partial charge on any atom is -0.331 e. The molecule has 0 saturated carbocycles. The van der Waals surface area contributed by atoms with Gasteiger partial charge in [0.1, 0.15) is 11.6 Å². The number of aromatic nitrogens is 2. The van der Waals surface area contributed by atoms with E-state index >= 15 is 0 Å². The molecule has 0 fully saturated rings. The van der Waals surface area contributed by atoms with Crippen LogP contribution in [0.1, 0.15) is 27.9 Å². The maximum Gasteiger partial charge on any atom is 0.270 e. The molecule has 0 spiro atoms. The highest BCUT2D eigenvalue weighted by Gasteiger charge is 2.05. The molecule has 0 bridgehead atoms. The van der Waals surface area contributed by atoms with Crippen molar-refractivity contribution in [3.63, 3.8) is 0 Å². The molecule has 4 nitrogen and oxygen atoms in total. The molecule has 0 amide bonds. The summed E-state index contributed by atoms with van der Waals surface area (Å²) in [7, 11) is 0. The second-order valence-electron chi connectivity index (χ2n) is 4.43. The van der Waals surface area contributed by atoms with Crippen LogP contribution in [-0.2, 0) is 0 Å². The van der Waals surface area contributed by atoms with Crippen LogP contribution >= 0.6 is 12.2 Å². The van der Waals surface area contributed by atoms with Gasteiger partial charge >= 0.3 is 0 Å². The average molecular weight is 283 g/mol. The minimum absolute atomic E-state index is 0.0279. The van der Waals surface area contributed by atoms with E-state index in [4.69, 9.17) is 17.5 Å². The molecule has 0 aliphatic rings. The first-order valence-electron chi connectivity index (χ1n) is 6.04. The lowest BCUT2D eigenvalue weighted by Gasteiger charge is -2.04. The number of aryl methyl sites for hydroxylation is 1. The quantitative estimate of drug-likeness (QED) is 0.832. The maximum absolute atomic E-state index is 11.6. The lowest BCUT2D eigenvalue weighted by Crippen LogP contribution is -2.13. The van der Waals surface area contributed by atoms with Crippen LogP contribution in [0.3, 0.4) is 0 Å². The number of nitrogens with one attached hydrogen (secondary N) is 2. The zero-order chi connectivity index (χ0) is 14.7. The molecule has 5 heteroatoms. The number of benzene rings is 1. The molecule has 1 heterocycles. The fourth-order valence-corrected chi connectivity index (χ4v) is 2.07. The predicted octanol–water partition coefficient (Wildman–Crippen LogP) is 3.09. The molecule has 0 aliphatic heterocycles. The van der Waals surface area contributed by atoms with E-state index in [9.17, 15) is 4.79 Å². The third-order valence-electron chi connectivity index (χ3n) is 3.16. The fourth-order valence-electron chi connectivity index (χ4n) is 1.87. The summed E-state index contributed by atoms with van der Waals surface area (Å²) in [5.41, 5.74) is 3.35. The number of hydrogen-bond donors (Lipinski definition) is 2. The molecule has 0 atom stereocenters. The molecule has 1 aromatic carbocycles. The Balaban J connectivity index is 2.53. The Hall–Kier alpha value is -2.45. The van der Waals surface area contributed by atoms with Crippen molar-refractivity contribution in [3.05, 3.63) is 61.3 Å². The second kappa shape index (κ2) is 5.68. The summed E-state index contributed by atoms with van der Waals surface area (Å²) in [4.78, 5) is 16.8. The minimum atomic E-state index is -0.475. The Labute approximate surface area is 121 Å². The number of H-pyrrole nitrogens is 2. The molecule has 2 rings (SSSR count). The van der Waals surface area contributed by atoms with E-state index in [-0.39, 0.29) is 10.3 Å². The van der Waals surface area contributed by atoms with Gasteiger partial charge in [0, 0.05) is 0 Å². The first-order valence-corrected chi connectivity index (χ1v) is 6.44. The lowest BCUT2D eigenvalue weighted by atomic mass is 10.0. The number of nitriles is 1. The van der Waals surface area contributed by atoms with Gasteiger partial charge in [0.2, 0.25) is 0 Å². The van der Waals surface area contributed by atoms with Crippen LogP contribution in [0.2, 0.25) is 0 Å². The van der Waals surface area contributed by atoms with Crippen LogP contribution in [0.15, 0.2) is 23.0 Å².